The van der Waals surface area contributed by atoms with Gasteiger partial charge in [-0.05, 0) is 221 Å². The Morgan fingerprint density at radius 3 is 0.931 bits per heavy atom. The quantitative estimate of drug-likeness (QED) is 0.0678. The first-order valence-electron chi connectivity index (χ1n) is 57.9. The van der Waals surface area contributed by atoms with E-state index in [1.54, 1.807) is 34.3 Å². The molecule has 0 radical (unpaired) electrons. The number of methoxy groups -OCH3 is 3. The largest absolute Gasteiger partial charge is 0.497 e. The van der Waals surface area contributed by atoms with Crippen molar-refractivity contribution in [3.63, 3.8) is 0 Å². The summed E-state index contributed by atoms with van der Waals surface area (Å²) in [4.78, 5) is 10.2. The maximum Gasteiger partial charge on any atom is 0.303 e. The summed E-state index contributed by atoms with van der Waals surface area (Å²) in [5.41, 5.74) is 10.3. The van der Waals surface area contributed by atoms with Crippen molar-refractivity contribution in [2.75, 3.05) is 48.0 Å². The minimum Gasteiger partial charge on any atom is -0.497 e. The molecule has 5 aromatic carbocycles. The lowest BCUT2D eigenvalue weighted by Gasteiger charge is -2.22. The molecule has 858 valence electrons. The van der Waals surface area contributed by atoms with E-state index in [0.717, 1.165) is 116 Å². The fraction of sp³-hybridized carbons (Fsp3) is 0.739. The van der Waals surface area contributed by atoms with Gasteiger partial charge in [0.25, 0.3) is 0 Å². The van der Waals surface area contributed by atoms with Gasteiger partial charge in [-0.1, -0.05) is 540 Å². The van der Waals surface area contributed by atoms with Crippen LogP contribution >= 0.6 is 0 Å². The lowest BCUT2D eigenvalue weighted by atomic mass is 9.84. The van der Waals surface area contributed by atoms with Gasteiger partial charge in [0, 0.05) is 34.4 Å². The molecule has 7 nitrogen and oxygen atoms in total. The van der Waals surface area contributed by atoms with Crippen molar-refractivity contribution < 1.29 is 46.4 Å². The van der Waals surface area contributed by atoms with E-state index in [2.05, 4.69) is 313 Å². The Balaban J connectivity index is -0.0000000931. The molecule has 1 aliphatic heterocycles. The fourth-order valence-electron chi connectivity index (χ4n) is 10.2. The van der Waals surface area contributed by atoms with Gasteiger partial charge >= 0.3 is 5.97 Å². The first-order chi connectivity index (χ1) is 67.6. The van der Waals surface area contributed by atoms with Crippen molar-refractivity contribution in [1.82, 2.24) is 0 Å². The van der Waals surface area contributed by atoms with Gasteiger partial charge < -0.3 is 28.4 Å². The summed E-state index contributed by atoms with van der Waals surface area (Å²) in [6.45, 7) is 100. The van der Waals surface area contributed by atoms with Crippen LogP contribution in [-0.2, 0) is 25.4 Å². The van der Waals surface area contributed by atoms with E-state index < -0.39 is 6.43 Å². The van der Waals surface area contributed by atoms with Crippen molar-refractivity contribution in [2.45, 2.75) is 549 Å². The predicted molar refractivity (Wildman–Crippen MR) is 655 cm³/mol. The number of unbranched alkanes of at least 4 members (excludes halogenated alkanes) is 3. The number of ether oxygens (including phenoxy) is 6. The maximum absolute atomic E-state index is 10.7. The third-order valence-corrected chi connectivity index (χ3v) is 21.3. The number of aryl methyl sites for hydroxylation is 8. The number of carbonyl (C=O) groups excluding carboxylic acids is 1. The molecule has 0 atom stereocenters. The first-order valence-corrected chi connectivity index (χ1v) is 57.9. The molecule has 1 heterocycles. The van der Waals surface area contributed by atoms with Gasteiger partial charge in [-0.3, -0.25) is 9.18 Å². The van der Waals surface area contributed by atoms with E-state index in [9.17, 15) is 18.0 Å². The Labute approximate surface area is 905 Å². The van der Waals surface area contributed by atoms with E-state index in [1.807, 2.05) is 110 Å². The summed E-state index contributed by atoms with van der Waals surface area (Å²) in [5, 5.41) is 0. The van der Waals surface area contributed by atoms with E-state index in [-0.39, 0.29) is 25.7 Å². The van der Waals surface area contributed by atoms with Crippen molar-refractivity contribution >= 4 is 5.97 Å². The standard InChI is InChI=1S/C9H12.C8H8O2.C8H10O.2C8H10.C7H14.C6H12O2.2C6H12.C6H14.2C5H10.3C5H12.C4H10O.C4H8.2C4H10.C4H8.C3H7F.C3H8O.C3H8.C3H6.C2H4F2.C2H6.CH4/c1-7-4-5-8(2)9(3)6-7;1-6-2-3-7-8(4-6)10-5-9-7;1-7-3-5-8(9-2)6-4-7;1-7-3-5-8(2)6-4-7;1-2-8-6-4-3-5-7-8;1-2-7-5-3-4-6-7;1-5(7)8-6(2,3)4;1-6-4-2-3-5-6;1-2-6-4-3-5-6;1-4-5-6(2)3;1-5-3-2-4-5;1-2-5-3-4-5;2*1-4-5(2)3;1-3-5-4-2;1-3-4-5-2;1-4-2-3-4;1-4(2)3;2*1-3-4-2;1-2-3-4;1-3-4-2;2*1-3-2;1-2(3)4;1-2;/h4-6H,1-3H3;2-4H,5H2,1H3;3-6H,1-2H3;3-6H,1-2H3;3-7H,2H2,1H3;7H,2-6H2,1H3;1-4H3;2*6H,2-5H2,1H3;6H,4-5H2,1-3H3;2*5H,2-4H2,1H3;2*5H,4H2,1-3H3;3-5H2,1-2H3;3-4H2,1-2H3;4H,2-3H2,1H3;4H,1-3H3;3-4H2,1-2H3;3H,1,4H2,2H3;2-3H2,1H3;3H2,1-2H3;3H2,1-2H3;3H,1H2,2H3;2H,1H3;1-2H3;1H4. The second-order valence-electron chi connectivity index (χ2n) is 40.8. The summed E-state index contributed by atoms with van der Waals surface area (Å²) < 4.78 is 60.7. The van der Waals surface area contributed by atoms with Crippen LogP contribution in [0.25, 0.3) is 0 Å². The van der Waals surface area contributed by atoms with Gasteiger partial charge in [-0.25, -0.2) is 8.78 Å². The first kappa shape index (κ1) is 171. The highest BCUT2D eigenvalue weighted by Gasteiger charge is 2.18. The van der Waals surface area contributed by atoms with Crippen molar-refractivity contribution in [3.05, 3.63) is 185 Å². The Kier molecular flexibility index (Phi) is 166. The number of alkyl halides is 3. The normalized spacial score (nSPS) is 12.6. The molecule has 0 aromatic heterocycles. The Morgan fingerprint density at radius 1 is 0.444 bits per heavy atom. The topological polar surface area (TPSA) is 72.5 Å². The molecular weight excluding hydrogens is 1780 g/mol. The average molecular weight is 2040 g/mol. The fourth-order valence-corrected chi connectivity index (χ4v) is 10.2. The molecule has 0 spiro atoms. The summed E-state index contributed by atoms with van der Waals surface area (Å²) in [6.07, 6.45) is 49.9. The number of esters is 1. The van der Waals surface area contributed by atoms with Crippen LogP contribution in [0, 0.1) is 108 Å². The van der Waals surface area contributed by atoms with Gasteiger partial charge in [0.05, 0.1) is 13.8 Å². The second-order valence-corrected chi connectivity index (χ2v) is 40.8. The molecule has 7 aliphatic rings. The van der Waals surface area contributed by atoms with Crippen LogP contribution in [0.4, 0.5) is 13.2 Å². The molecule has 0 N–H and O–H groups in total. The van der Waals surface area contributed by atoms with Crippen LogP contribution < -0.4 is 14.2 Å². The maximum atomic E-state index is 10.7. The molecule has 0 bridgehead atoms. The van der Waals surface area contributed by atoms with Crippen LogP contribution in [0.2, 0.25) is 0 Å². The Hall–Kier alpha value is -5.84. The summed E-state index contributed by atoms with van der Waals surface area (Å²) in [6, 6.07) is 39.3. The van der Waals surface area contributed by atoms with E-state index in [1.165, 1.54) is 250 Å². The average Bonchev–Trinajstić information content (AvgIpc) is 1.72. The zero-order chi connectivity index (χ0) is 113. The number of rotatable bonds is 17. The molecule has 0 saturated heterocycles. The van der Waals surface area contributed by atoms with Crippen molar-refractivity contribution in [1.29, 1.82) is 0 Å². The van der Waals surface area contributed by atoms with Gasteiger partial charge in [-0.15, -0.1) is 13.2 Å². The SMILES string of the molecule is C.C=CC.C=CCC.CC.CC(=O)OC(C)(C)C.CC(C)C.CC(F)F.CC1CC1.CC1CCC1.CC1CCCC1.CCC.CCC(C)C.CCC(C)C.CCC1CC1.CCC1CCC1.CCC1CCCC1.CCCC.CCCC(C)C.CCCCC.CCCF.CCCOC.CCOC.CCc1ccccc1.COc1ccc(C)cc1.Cc1ccc(C)c(C)c1.Cc1ccc(C)cc1.Cc1ccc2c(c1)OCO2. The molecular formula is C134H259F3O7. The van der Waals surface area contributed by atoms with Crippen molar-refractivity contribution in [2.24, 2.45) is 59.2 Å². The monoisotopic (exact) mass is 2040 g/mol. The second kappa shape index (κ2) is 139. The zero-order valence-corrected chi connectivity index (χ0v) is 105. The minimum absolute atomic E-state index is 0. The lowest BCUT2D eigenvalue weighted by molar-refractivity contribution is -0.151. The molecule has 6 fully saturated rings. The highest BCUT2D eigenvalue weighted by atomic mass is 19.3. The summed E-state index contributed by atoms with van der Waals surface area (Å²) >= 11 is 0. The highest BCUT2D eigenvalue weighted by molar-refractivity contribution is 5.66. The molecule has 144 heavy (non-hydrogen) atoms. The number of carbonyl (C=O) groups is 1. The summed E-state index contributed by atoms with van der Waals surface area (Å²) in [7, 11) is 5.06. The Bertz CT molecular complexity index is 3000. The molecule has 6 aliphatic carbocycles. The van der Waals surface area contributed by atoms with Crippen molar-refractivity contribution in [3.8, 4) is 17.2 Å². The van der Waals surface area contributed by atoms with Crippen LogP contribution in [0.15, 0.2) is 141 Å². The molecule has 10 heteroatoms. The highest BCUT2D eigenvalue weighted by Crippen LogP contribution is 2.33. The lowest BCUT2D eigenvalue weighted by Crippen LogP contribution is -2.21. The molecule has 0 unspecified atom stereocenters. The summed E-state index contributed by atoms with van der Waals surface area (Å²) in [5.74, 6) is 12.4. The molecule has 5 aromatic rings. The number of allylic oxidation sites excluding steroid dienone is 2. The van der Waals surface area contributed by atoms with Gasteiger partial charge in [0.2, 0.25) is 13.2 Å². The predicted octanol–water partition coefficient (Wildman–Crippen LogP) is 46.6. The van der Waals surface area contributed by atoms with Crippen LogP contribution in [0.1, 0.15) is 526 Å². The number of hydrogen-bond acceptors (Lipinski definition) is 7. The molecule has 0 amide bonds. The Morgan fingerprint density at radius 2 is 0.764 bits per heavy atom. The van der Waals surface area contributed by atoms with Gasteiger partial charge in [0.15, 0.2) is 11.5 Å². The van der Waals surface area contributed by atoms with Crippen LogP contribution in [0.3, 0.4) is 0 Å². The third-order valence-electron chi connectivity index (χ3n) is 21.3. The smallest absolute Gasteiger partial charge is 0.303 e. The molecule has 12 rings (SSSR count). The number of benzene rings is 5. The number of fused-ring (bicyclic) bond motifs is 1. The molecule has 6 saturated carbocycles. The minimum atomic E-state index is -2.17. The zero-order valence-electron chi connectivity index (χ0n) is 105. The van der Waals surface area contributed by atoms with E-state index >= 15 is 0 Å². The van der Waals surface area contributed by atoms with E-state index in [0.29, 0.717) is 13.2 Å². The third kappa shape index (κ3) is 184. The van der Waals surface area contributed by atoms with Gasteiger partial charge in [-0.2, -0.15) is 0 Å². The number of hydrogen-bond donors (Lipinski definition) is 0. The van der Waals surface area contributed by atoms with Gasteiger partial charge in [0.1, 0.15) is 11.4 Å². The number of halogens is 3. The van der Waals surface area contributed by atoms with Crippen LogP contribution in [0.5, 0.6) is 17.2 Å². The van der Waals surface area contributed by atoms with Crippen LogP contribution in [-0.4, -0.2) is 66.0 Å². The van der Waals surface area contributed by atoms with E-state index in [4.69, 9.17) is 23.7 Å².